The van der Waals surface area contributed by atoms with Crippen LogP contribution < -0.4 is 11.5 Å². The predicted octanol–water partition coefficient (Wildman–Crippen LogP) is 1.92. The smallest absolute Gasteiger partial charge is 0.248 e. The predicted molar refractivity (Wildman–Crippen MR) is 90.7 cm³/mol. The van der Waals surface area contributed by atoms with Crippen LogP contribution >= 0.6 is 0 Å². The number of hydrogen-bond donors (Lipinski definition) is 2. The quantitative estimate of drug-likeness (QED) is 0.711. The number of anilines is 1. The number of fused-ring (bicyclic) bond motifs is 1. The van der Waals surface area contributed by atoms with Gasteiger partial charge in [-0.25, -0.2) is 9.97 Å². The molecule has 122 valence electrons. The number of benzene rings is 1. The van der Waals surface area contributed by atoms with E-state index in [1.165, 1.54) is 12.4 Å². The van der Waals surface area contributed by atoms with Crippen LogP contribution in [0.1, 0.15) is 46.2 Å². The molecule has 2 heterocycles. The summed E-state index contributed by atoms with van der Waals surface area (Å²) in [6.45, 7) is 3.97. The summed E-state index contributed by atoms with van der Waals surface area (Å²) in [6, 6.07) is 6.39. The highest BCUT2D eigenvalue weighted by Gasteiger charge is 2.21. The van der Waals surface area contributed by atoms with Crippen molar-refractivity contribution in [3.05, 3.63) is 53.5 Å². The van der Waals surface area contributed by atoms with Gasteiger partial charge in [0.05, 0.1) is 10.9 Å². The second-order valence-electron chi connectivity index (χ2n) is 5.78. The first-order valence-corrected chi connectivity index (χ1v) is 7.45. The molecular formula is C17H17N5O2. The lowest BCUT2D eigenvalue weighted by Gasteiger charge is -2.07. The number of carbonyl (C=O) groups excluding carboxylic acids is 2. The van der Waals surface area contributed by atoms with Crippen LogP contribution in [0.2, 0.25) is 0 Å². The molecule has 0 bridgehead atoms. The molecular weight excluding hydrogens is 306 g/mol. The van der Waals surface area contributed by atoms with Gasteiger partial charge in [0, 0.05) is 23.4 Å². The Morgan fingerprint density at radius 3 is 2.54 bits per heavy atom. The Morgan fingerprint density at radius 1 is 1.17 bits per heavy atom. The molecule has 7 nitrogen and oxygen atoms in total. The van der Waals surface area contributed by atoms with Gasteiger partial charge in [-0.3, -0.25) is 9.59 Å². The van der Waals surface area contributed by atoms with Crippen molar-refractivity contribution in [2.45, 2.75) is 19.9 Å². The molecule has 0 fully saturated rings. The van der Waals surface area contributed by atoms with E-state index in [0.29, 0.717) is 22.2 Å². The second kappa shape index (κ2) is 5.77. The van der Waals surface area contributed by atoms with Crippen LogP contribution in [0.25, 0.3) is 11.0 Å². The number of rotatable bonds is 4. The summed E-state index contributed by atoms with van der Waals surface area (Å²) in [5.41, 5.74) is 12.9. The van der Waals surface area contributed by atoms with Crippen molar-refractivity contribution in [1.29, 1.82) is 0 Å². The van der Waals surface area contributed by atoms with Crippen LogP contribution in [0.15, 0.2) is 36.8 Å². The molecule has 1 aromatic carbocycles. The molecule has 0 atom stereocenters. The van der Waals surface area contributed by atoms with Crippen molar-refractivity contribution in [3.8, 4) is 0 Å². The fourth-order valence-electron chi connectivity index (χ4n) is 2.64. The number of nitrogen functional groups attached to an aromatic ring is 1. The van der Waals surface area contributed by atoms with E-state index in [1.54, 1.807) is 24.4 Å². The molecule has 0 aliphatic rings. The lowest BCUT2D eigenvalue weighted by atomic mass is 10.0. The van der Waals surface area contributed by atoms with E-state index in [2.05, 4.69) is 9.97 Å². The first kappa shape index (κ1) is 15.7. The molecule has 4 N–H and O–H groups in total. The van der Waals surface area contributed by atoms with Gasteiger partial charge in [-0.15, -0.1) is 0 Å². The Bertz CT molecular complexity index is 959. The van der Waals surface area contributed by atoms with Gasteiger partial charge in [0.15, 0.2) is 5.78 Å². The van der Waals surface area contributed by atoms with E-state index in [1.807, 2.05) is 18.4 Å². The summed E-state index contributed by atoms with van der Waals surface area (Å²) in [5.74, 6) is -0.602. The highest BCUT2D eigenvalue weighted by Crippen LogP contribution is 2.28. The van der Waals surface area contributed by atoms with E-state index in [-0.39, 0.29) is 23.2 Å². The van der Waals surface area contributed by atoms with E-state index in [4.69, 9.17) is 11.5 Å². The lowest BCUT2D eigenvalue weighted by molar-refractivity contribution is 0.1000. The van der Waals surface area contributed by atoms with Crippen LogP contribution in [0, 0.1) is 0 Å². The normalized spacial score (nSPS) is 11.1. The summed E-state index contributed by atoms with van der Waals surface area (Å²) >= 11 is 0. The maximum atomic E-state index is 12.9. The average Bonchev–Trinajstić information content (AvgIpc) is 2.95. The van der Waals surface area contributed by atoms with Crippen molar-refractivity contribution < 1.29 is 9.59 Å². The molecule has 0 aliphatic heterocycles. The molecule has 0 saturated heterocycles. The summed E-state index contributed by atoms with van der Waals surface area (Å²) in [5, 5.41) is 0.515. The third kappa shape index (κ3) is 2.50. The molecule has 3 aromatic rings. The van der Waals surface area contributed by atoms with E-state index in [0.717, 1.165) is 0 Å². The summed E-state index contributed by atoms with van der Waals surface area (Å²) in [6.07, 6.45) is 3.10. The highest BCUT2D eigenvalue weighted by atomic mass is 16.1. The molecule has 24 heavy (non-hydrogen) atoms. The molecule has 0 unspecified atom stereocenters. The third-order valence-corrected chi connectivity index (χ3v) is 3.85. The molecule has 3 rings (SSSR count). The third-order valence-electron chi connectivity index (χ3n) is 3.85. The summed E-state index contributed by atoms with van der Waals surface area (Å²) in [4.78, 5) is 32.5. The van der Waals surface area contributed by atoms with Gasteiger partial charge in [0.25, 0.3) is 0 Å². The number of primary amides is 1. The maximum absolute atomic E-state index is 12.9. The van der Waals surface area contributed by atoms with Crippen molar-refractivity contribution in [2.24, 2.45) is 5.73 Å². The van der Waals surface area contributed by atoms with E-state index >= 15 is 0 Å². The Morgan fingerprint density at radius 2 is 1.88 bits per heavy atom. The lowest BCUT2D eigenvalue weighted by Crippen LogP contribution is -2.12. The van der Waals surface area contributed by atoms with Gasteiger partial charge in [0.1, 0.15) is 17.8 Å². The van der Waals surface area contributed by atoms with Gasteiger partial charge in [-0.2, -0.15) is 0 Å². The number of ketones is 1. The fourth-order valence-corrected chi connectivity index (χ4v) is 2.64. The molecule has 0 aliphatic carbocycles. The molecule has 1 amide bonds. The Labute approximate surface area is 138 Å². The number of aromatic nitrogens is 3. The molecule has 0 radical (unpaired) electrons. The number of amides is 1. The van der Waals surface area contributed by atoms with Gasteiger partial charge >= 0.3 is 0 Å². The monoisotopic (exact) mass is 323 g/mol. The molecule has 0 spiro atoms. The molecule has 0 saturated carbocycles. The Kier molecular flexibility index (Phi) is 3.76. The Balaban J connectivity index is 2.21. The van der Waals surface area contributed by atoms with Gasteiger partial charge in [0.2, 0.25) is 5.91 Å². The van der Waals surface area contributed by atoms with E-state index < -0.39 is 5.91 Å². The first-order chi connectivity index (χ1) is 11.4. The summed E-state index contributed by atoms with van der Waals surface area (Å²) in [7, 11) is 0. The number of nitrogens with two attached hydrogens (primary N) is 2. The van der Waals surface area contributed by atoms with Crippen molar-refractivity contribution in [1.82, 2.24) is 14.5 Å². The van der Waals surface area contributed by atoms with Gasteiger partial charge in [-0.05, 0) is 26.0 Å². The van der Waals surface area contributed by atoms with Crippen molar-refractivity contribution >= 4 is 28.5 Å². The zero-order valence-corrected chi connectivity index (χ0v) is 13.4. The van der Waals surface area contributed by atoms with Crippen LogP contribution in [0.5, 0.6) is 0 Å². The number of hydrogen-bond acceptors (Lipinski definition) is 5. The minimum absolute atomic E-state index is 0.0975. The van der Waals surface area contributed by atoms with Crippen molar-refractivity contribution in [2.75, 3.05) is 5.73 Å². The average molecular weight is 323 g/mol. The zero-order chi connectivity index (χ0) is 17.4. The highest BCUT2D eigenvalue weighted by molar-refractivity contribution is 6.18. The van der Waals surface area contributed by atoms with Gasteiger partial charge in [-0.1, -0.05) is 12.1 Å². The number of carbonyl (C=O) groups is 2. The second-order valence-corrected chi connectivity index (χ2v) is 5.78. The first-order valence-electron chi connectivity index (χ1n) is 7.45. The van der Waals surface area contributed by atoms with Gasteiger partial charge < -0.3 is 16.0 Å². The topological polar surface area (TPSA) is 117 Å². The maximum Gasteiger partial charge on any atom is 0.248 e. The molecule has 2 aromatic heterocycles. The minimum atomic E-state index is -0.586. The van der Waals surface area contributed by atoms with Crippen molar-refractivity contribution in [3.63, 3.8) is 0 Å². The van der Waals surface area contributed by atoms with Crippen LogP contribution in [0.3, 0.4) is 0 Å². The summed E-state index contributed by atoms with van der Waals surface area (Å²) < 4.78 is 1.87. The SMILES string of the molecule is CC(C)n1cc(C(=O)c2cccc(C(N)=O)c2)c2c(N)ncnc21. The van der Waals surface area contributed by atoms with Crippen LogP contribution in [0.4, 0.5) is 5.82 Å². The standard InChI is InChI=1S/C17H17N5O2/c1-9(2)22-7-12(13-15(18)20-8-21-17(13)22)14(23)10-4-3-5-11(6-10)16(19)24/h3-9H,1-2H3,(H2,19,24)(H2,18,20,21). The zero-order valence-electron chi connectivity index (χ0n) is 13.4. The fraction of sp³-hybridized carbons (Fsp3) is 0.176. The minimum Gasteiger partial charge on any atom is -0.383 e. The number of nitrogens with zero attached hydrogens (tertiary/aromatic N) is 3. The largest absolute Gasteiger partial charge is 0.383 e. The molecule has 7 heteroatoms. The van der Waals surface area contributed by atoms with Crippen LogP contribution in [-0.2, 0) is 0 Å². The van der Waals surface area contributed by atoms with E-state index in [9.17, 15) is 9.59 Å². The Hall–Kier alpha value is -3.22. The van der Waals surface area contributed by atoms with Crippen LogP contribution in [-0.4, -0.2) is 26.2 Å².